The summed E-state index contributed by atoms with van der Waals surface area (Å²) in [7, 11) is 0. The third-order valence-electron chi connectivity index (χ3n) is 2.57. The highest BCUT2D eigenvalue weighted by atomic mass is 32.2. The van der Waals surface area contributed by atoms with Crippen molar-refractivity contribution in [2.75, 3.05) is 5.43 Å². The fraction of sp³-hybridized carbons (Fsp3) is 0.333. The number of anilines is 1. The van der Waals surface area contributed by atoms with Crippen LogP contribution in [0, 0.1) is 17.0 Å². The van der Waals surface area contributed by atoms with Crippen molar-refractivity contribution in [2.45, 2.75) is 30.6 Å². The molecule has 0 aliphatic carbocycles. The molecule has 0 atom stereocenters. The molecule has 0 saturated carbocycles. The van der Waals surface area contributed by atoms with Crippen molar-refractivity contribution in [2.24, 2.45) is 5.84 Å². The number of aromatic amines is 1. The molecular formula is C9H12N8O3S. The second-order valence-electron chi connectivity index (χ2n) is 3.85. The lowest BCUT2D eigenvalue weighted by atomic mass is 10.4. The number of hydrazine groups is 1. The molecule has 0 spiro atoms. The van der Waals surface area contributed by atoms with E-state index in [0.717, 1.165) is 11.8 Å². The second-order valence-corrected chi connectivity index (χ2v) is 4.80. The first kappa shape index (κ1) is 14.9. The van der Waals surface area contributed by atoms with Crippen molar-refractivity contribution in [1.29, 1.82) is 0 Å². The minimum atomic E-state index is -0.584. The summed E-state index contributed by atoms with van der Waals surface area (Å²) in [5.74, 6) is 5.28. The fourth-order valence-electron chi connectivity index (χ4n) is 1.63. The van der Waals surface area contributed by atoms with Gasteiger partial charge in [0.2, 0.25) is 5.95 Å². The summed E-state index contributed by atoms with van der Waals surface area (Å²) >= 11 is 0.891. The third kappa shape index (κ3) is 2.85. The van der Waals surface area contributed by atoms with Crippen LogP contribution in [0.1, 0.15) is 12.6 Å². The van der Waals surface area contributed by atoms with Gasteiger partial charge in [-0.05, 0) is 25.6 Å². The first-order valence-electron chi connectivity index (χ1n) is 5.80. The van der Waals surface area contributed by atoms with E-state index < -0.39 is 10.6 Å². The molecule has 2 rings (SSSR count). The Morgan fingerprint density at radius 2 is 2.24 bits per heavy atom. The molecule has 0 saturated heterocycles. The zero-order chi connectivity index (χ0) is 15.6. The zero-order valence-corrected chi connectivity index (χ0v) is 12.0. The van der Waals surface area contributed by atoms with Crippen molar-refractivity contribution < 1.29 is 4.92 Å². The molecule has 0 aromatic carbocycles. The van der Waals surface area contributed by atoms with Crippen LogP contribution in [0.2, 0.25) is 0 Å². The molecule has 2 aromatic heterocycles. The monoisotopic (exact) mass is 312 g/mol. The lowest BCUT2D eigenvalue weighted by Crippen LogP contribution is -2.16. The number of aryl methyl sites for hydroxylation is 1. The van der Waals surface area contributed by atoms with Crippen LogP contribution in [-0.2, 0) is 6.54 Å². The van der Waals surface area contributed by atoms with Crippen LogP contribution < -0.4 is 17.0 Å². The van der Waals surface area contributed by atoms with Crippen LogP contribution in [0.3, 0.4) is 0 Å². The molecule has 21 heavy (non-hydrogen) atoms. The molecule has 0 bridgehead atoms. The molecule has 12 heteroatoms. The van der Waals surface area contributed by atoms with Gasteiger partial charge in [-0.1, -0.05) is 0 Å². The number of rotatable bonds is 5. The summed E-state index contributed by atoms with van der Waals surface area (Å²) in [6.07, 6.45) is 0. The Balaban J connectivity index is 2.54. The summed E-state index contributed by atoms with van der Waals surface area (Å²) in [6, 6.07) is 0. The highest BCUT2D eigenvalue weighted by molar-refractivity contribution is 7.99. The summed E-state index contributed by atoms with van der Waals surface area (Å²) in [5.41, 5.74) is 1.75. The minimum Gasteiger partial charge on any atom is -0.292 e. The van der Waals surface area contributed by atoms with Gasteiger partial charge in [-0.25, -0.2) is 20.7 Å². The van der Waals surface area contributed by atoms with Gasteiger partial charge in [0.1, 0.15) is 5.69 Å². The number of aromatic nitrogens is 5. The van der Waals surface area contributed by atoms with Crippen molar-refractivity contribution in [1.82, 2.24) is 24.7 Å². The number of hydrogen-bond acceptors (Lipinski definition) is 9. The lowest BCUT2D eigenvalue weighted by molar-refractivity contribution is -0.389. The lowest BCUT2D eigenvalue weighted by Gasteiger charge is -2.06. The van der Waals surface area contributed by atoms with E-state index in [9.17, 15) is 14.9 Å². The predicted molar refractivity (Wildman–Crippen MR) is 73.9 cm³/mol. The highest BCUT2D eigenvalue weighted by Gasteiger charge is 2.24. The summed E-state index contributed by atoms with van der Waals surface area (Å²) in [5, 5.41) is 17.6. The SMILES string of the molecule is CCn1c(Sc2nc(NN)nc(C)c2[N+](=O)[O-])n[nH]c1=O. The van der Waals surface area contributed by atoms with Gasteiger partial charge in [0, 0.05) is 6.54 Å². The van der Waals surface area contributed by atoms with Crippen LogP contribution in [0.4, 0.5) is 11.6 Å². The Kier molecular flexibility index (Phi) is 4.18. The Bertz CT molecular complexity index is 739. The minimum absolute atomic E-state index is 0.0431. The van der Waals surface area contributed by atoms with Gasteiger partial charge < -0.3 is 0 Å². The van der Waals surface area contributed by atoms with E-state index in [2.05, 4.69) is 25.6 Å². The van der Waals surface area contributed by atoms with E-state index in [1.54, 1.807) is 6.92 Å². The van der Waals surface area contributed by atoms with Crippen LogP contribution in [0.25, 0.3) is 0 Å². The number of nitrogens with two attached hydrogens (primary N) is 1. The highest BCUT2D eigenvalue weighted by Crippen LogP contribution is 2.33. The molecule has 0 amide bonds. The number of nitro groups is 1. The molecule has 0 radical (unpaired) electrons. The second kappa shape index (κ2) is 5.88. The van der Waals surface area contributed by atoms with E-state index >= 15 is 0 Å². The molecular weight excluding hydrogens is 300 g/mol. The van der Waals surface area contributed by atoms with Gasteiger partial charge in [-0.3, -0.25) is 20.1 Å². The van der Waals surface area contributed by atoms with Crippen molar-refractivity contribution in [3.05, 3.63) is 26.3 Å². The average molecular weight is 312 g/mol. The molecule has 0 aliphatic heterocycles. The molecule has 2 heterocycles. The van der Waals surface area contributed by atoms with E-state index in [1.165, 1.54) is 11.5 Å². The van der Waals surface area contributed by atoms with E-state index in [0.29, 0.717) is 6.54 Å². The fourth-order valence-corrected chi connectivity index (χ4v) is 2.67. The molecule has 2 aromatic rings. The summed E-state index contributed by atoms with van der Waals surface area (Å²) < 4.78 is 1.33. The van der Waals surface area contributed by atoms with Gasteiger partial charge in [0.05, 0.1) is 4.92 Å². The summed E-state index contributed by atoms with van der Waals surface area (Å²) in [6.45, 7) is 3.60. The predicted octanol–water partition coefficient (Wildman–Crippen LogP) is 0.0347. The van der Waals surface area contributed by atoms with Crippen molar-refractivity contribution in [3.63, 3.8) is 0 Å². The Hall–Kier alpha value is -2.47. The number of nitrogen functional groups attached to an aromatic ring is 1. The Labute approximate surface area is 122 Å². The van der Waals surface area contributed by atoms with E-state index in [4.69, 9.17) is 5.84 Å². The van der Waals surface area contributed by atoms with Gasteiger partial charge in [0.15, 0.2) is 10.2 Å². The number of nitrogens with zero attached hydrogens (tertiary/aromatic N) is 5. The molecule has 4 N–H and O–H groups in total. The molecule has 11 nitrogen and oxygen atoms in total. The van der Waals surface area contributed by atoms with Gasteiger partial charge in [-0.15, -0.1) is 5.10 Å². The van der Waals surface area contributed by atoms with E-state index in [1.807, 2.05) is 0 Å². The maximum absolute atomic E-state index is 11.5. The normalized spacial score (nSPS) is 10.6. The summed E-state index contributed by atoms with van der Waals surface area (Å²) in [4.78, 5) is 29.9. The van der Waals surface area contributed by atoms with Gasteiger partial charge >= 0.3 is 11.4 Å². The number of hydrogen-bond donors (Lipinski definition) is 3. The van der Waals surface area contributed by atoms with Crippen molar-refractivity contribution in [3.8, 4) is 0 Å². The van der Waals surface area contributed by atoms with Crippen LogP contribution in [-0.4, -0.2) is 29.7 Å². The standard InChI is InChI=1S/C9H12N8O3S/c1-3-16-8(18)14-15-9(16)21-6-5(17(19)20)4(2)11-7(12-6)13-10/h3,10H2,1-2H3,(H,14,18)(H,11,12,13). The smallest absolute Gasteiger partial charge is 0.292 e. The van der Waals surface area contributed by atoms with Crippen LogP contribution >= 0.6 is 11.8 Å². The van der Waals surface area contributed by atoms with Crippen LogP contribution in [0.5, 0.6) is 0 Å². The van der Waals surface area contributed by atoms with Gasteiger partial charge in [-0.2, -0.15) is 4.98 Å². The quantitative estimate of drug-likeness (QED) is 0.300. The Morgan fingerprint density at radius 3 is 2.81 bits per heavy atom. The third-order valence-corrected chi connectivity index (χ3v) is 3.54. The maximum atomic E-state index is 11.5. The Morgan fingerprint density at radius 1 is 1.52 bits per heavy atom. The van der Waals surface area contributed by atoms with Crippen molar-refractivity contribution >= 4 is 23.4 Å². The number of nitrogens with one attached hydrogen (secondary N) is 2. The molecule has 0 unspecified atom stereocenters. The first-order valence-corrected chi connectivity index (χ1v) is 6.62. The van der Waals surface area contributed by atoms with E-state index in [-0.39, 0.29) is 27.5 Å². The molecule has 112 valence electrons. The first-order chi connectivity index (χ1) is 9.97. The number of H-pyrrole nitrogens is 1. The zero-order valence-electron chi connectivity index (χ0n) is 11.2. The van der Waals surface area contributed by atoms with Gasteiger partial charge in [0.25, 0.3) is 0 Å². The largest absolute Gasteiger partial charge is 0.343 e. The average Bonchev–Trinajstić information content (AvgIpc) is 2.77. The maximum Gasteiger partial charge on any atom is 0.343 e. The molecule has 0 fully saturated rings. The van der Waals surface area contributed by atoms with Crippen LogP contribution in [0.15, 0.2) is 15.0 Å². The molecule has 0 aliphatic rings. The topological polar surface area (TPSA) is 158 Å².